The summed E-state index contributed by atoms with van der Waals surface area (Å²) in [5.41, 5.74) is 3.36. The highest BCUT2D eigenvalue weighted by molar-refractivity contribution is 9.10. The zero-order valence-corrected chi connectivity index (χ0v) is 16.7. The molecule has 1 heterocycles. The third-order valence-corrected chi connectivity index (χ3v) is 4.84. The summed E-state index contributed by atoms with van der Waals surface area (Å²) in [6.45, 7) is 2.13. The molecule has 0 aliphatic heterocycles. The predicted octanol–water partition coefficient (Wildman–Crippen LogP) is 5.96. The van der Waals surface area contributed by atoms with Gasteiger partial charge >= 0.3 is 5.97 Å². The van der Waals surface area contributed by atoms with Crippen molar-refractivity contribution in [2.45, 2.75) is 6.92 Å². The molecule has 3 aromatic carbocycles. The molecule has 0 fully saturated rings. The van der Waals surface area contributed by atoms with Crippen molar-refractivity contribution in [2.24, 2.45) is 0 Å². The second-order valence-electron chi connectivity index (χ2n) is 6.09. The summed E-state index contributed by atoms with van der Waals surface area (Å²) in [6.07, 6.45) is 0. The quantitative estimate of drug-likeness (QED) is 0.391. The standard InChI is InChI=1S/C22H17BrN2O3/c1-2-27-22(26)14-7-9-15(10-8-14)28-16-11-12-17(18(23)13-16)21-24-19-5-3-4-6-20(19)25-21/h3-13H,2H2,1H3,(H,24,25). The highest BCUT2D eigenvalue weighted by Crippen LogP contribution is 2.33. The van der Waals surface area contributed by atoms with Gasteiger partial charge in [0.15, 0.2) is 0 Å². The van der Waals surface area contributed by atoms with E-state index in [-0.39, 0.29) is 5.97 Å². The molecule has 0 spiro atoms. The van der Waals surface area contributed by atoms with E-state index < -0.39 is 0 Å². The number of halogens is 1. The Morgan fingerprint density at radius 1 is 1.04 bits per heavy atom. The van der Waals surface area contributed by atoms with E-state index in [0.29, 0.717) is 23.7 Å². The van der Waals surface area contributed by atoms with Crippen LogP contribution in [0.1, 0.15) is 17.3 Å². The Balaban J connectivity index is 1.54. The molecule has 0 atom stereocenters. The summed E-state index contributed by atoms with van der Waals surface area (Å²) < 4.78 is 11.7. The van der Waals surface area contributed by atoms with Crippen LogP contribution < -0.4 is 4.74 Å². The molecule has 1 N–H and O–H groups in total. The van der Waals surface area contributed by atoms with Crippen molar-refractivity contribution in [3.8, 4) is 22.9 Å². The maximum Gasteiger partial charge on any atom is 0.338 e. The number of rotatable bonds is 5. The first-order valence-electron chi connectivity index (χ1n) is 8.84. The Morgan fingerprint density at radius 2 is 1.79 bits per heavy atom. The van der Waals surface area contributed by atoms with Crippen LogP contribution in [0.25, 0.3) is 22.4 Å². The van der Waals surface area contributed by atoms with Crippen molar-refractivity contribution in [3.63, 3.8) is 0 Å². The second kappa shape index (κ2) is 7.86. The number of nitrogens with zero attached hydrogens (tertiary/aromatic N) is 1. The molecule has 4 rings (SSSR count). The van der Waals surface area contributed by atoms with Gasteiger partial charge in [0, 0.05) is 10.0 Å². The number of carbonyl (C=O) groups excluding carboxylic acids is 1. The minimum absolute atomic E-state index is 0.341. The highest BCUT2D eigenvalue weighted by atomic mass is 79.9. The van der Waals surface area contributed by atoms with Gasteiger partial charge in [0.25, 0.3) is 0 Å². The molecule has 0 amide bonds. The number of hydrogen-bond donors (Lipinski definition) is 1. The molecule has 4 aromatic rings. The zero-order chi connectivity index (χ0) is 19.5. The Morgan fingerprint density at radius 3 is 2.50 bits per heavy atom. The van der Waals surface area contributed by atoms with Gasteiger partial charge in [-0.2, -0.15) is 0 Å². The minimum atomic E-state index is -0.341. The summed E-state index contributed by atoms with van der Waals surface area (Å²) in [7, 11) is 0. The van der Waals surface area contributed by atoms with Crippen LogP contribution in [0, 0.1) is 0 Å². The van der Waals surface area contributed by atoms with Crippen molar-refractivity contribution >= 4 is 32.9 Å². The van der Waals surface area contributed by atoms with Crippen LogP contribution in [0.15, 0.2) is 71.2 Å². The first kappa shape index (κ1) is 18.3. The fourth-order valence-corrected chi connectivity index (χ4v) is 3.39. The van der Waals surface area contributed by atoms with Crippen LogP contribution in [0.2, 0.25) is 0 Å². The smallest absolute Gasteiger partial charge is 0.338 e. The van der Waals surface area contributed by atoms with Crippen molar-refractivity contribution in [1.29, 1.82) is 0 Å². The number of ether oxygens (including phenoxy) is 2. The number of aromatic amines is 1. The van der Waals surface area contributed by atoms with E-state index in [2.05, 4.69) is 25.9 Å². The van der Waals surface area contributed by atoms with Gasteiger partial charge in [-0.15, -0.1) is 0 Å². The summed E-state index contributed by atoms with van der Waals surface area (Å²) in [6, 6.07) is 20.5. The fraction of sp³-hybridized carbons (Fsp3) is 0.0909. The molecule has 0 saturated carbocycles. The molecular formula is C22H17BrN2O3. The van der Waals surface area contributed by atoms with Gasteiger partial charge in [0.05, 0.1) is 23.2 Å². The lowest BCUT2D eigenvalue weighted by Crippen LogP contribution is -2.03. The number of para-hydroxylation sites is 2. The summed E-state index contributed by atoms with van der Waals surface area (Å²) in [5, 5.41) is 0. The Kier molecular flexibility index (Phi) is 5.12. The molecule has 5 nitrogen and oxygen atoms in total. The maximum absolute atomic E-state index is 11.7. The zero-order valence-electron chi connectivity index (χ0n) is 15.1. The predicted molar refractivity (Wildman–Crippen MR) is 112 cm³/mol. The monoisotopic (exact) mass is 436 g/mol. The van der Waals surface area contributed by atoms with Crippen molar-refractivity contribution in [1.82, 2.24) is 9.97 Å². The molecule has 0 radical (unpaired) electrons. The van der Waals surface area contributed by atoms with E-state index in [0.717, 1.165) is 26.9 Å². The van der Waals surface area contributed by atoms with Crippen molar-refractivity contribution in [3.05, 3.63) is 76.8 Å². The van der Waals surface area contributed by atoms with Gasteiger partial charge in [-0.05, 0) is 77.5 Å². The maximum atomic E-state index is 11.7. The SMILES string of the molecule is CCOC(=O)c1ccc(Oc2ccc(-c3nc4ccccc4[nH]3)c(Br)c2)cc1. The Labute approximate surface area is 170 Å². The van der Waals surface area contributed by atoms with Gasteiger partial charge in [-0.3, -0.25) is 0 Å². The van der Waals surface area contributed by atoms with Gasteiger partial charge in [0.2, 0.25) is 0 Å². The number of H-pyrrole nitrogens is 1. The number of fused-ring (bicyclic) bond motifs is 1. The van der Waals surface area contributed by atoms with Gasteiger partial charge in [-0.25, -0.2) is 9.78 Å². The number of nitrogens with one attached hydrogen (secondary N) is 1. The third kappa shape index (κ3) is 3.77. The summed E-state index contributed by atoms with van der Waals surface area (Å²) >= 11 is 3.60. The summed E-state index contributed by atoms with van der Waals surface area (Å²) in [4.78, 5) is 19.7. The number of aromatic nitrogens is 2. The van der Waals surface area contributed by atoms with E-state index in [1.165, 1.54) is 0 Å². The van der Waals surface area contributed by atoms with Gasteiger partial charge in [0.1, 0.15) is 17.3 Å². The molecular weight excluding hydrogens is 420 g/mol. The van der Waals surface area contributed by atoms with Crippen LogP contribution in [-0.2, 0) is 4.74 Å². The number of carbonyl (C=O) groups is 1. The number of benzene rings is 3. The van der Waals surface area contributed by atoms with Crippen LogP contribution in [0.4, 0.5) is 0 Å². The topological polar surface area (TPSA) is 64.2 Å². The van der Waals surface area contributed by atoms with E-state index in [1.54, 1.807) is 31.2 Å². The lowest BCUT2D eigenvalue weighted by molar-refractivity contribution is 0.0526. The Hall–Kier alpha value is -3.12. The number of imidazole rings is 1. The molecule has 0 saturated heterocycles. The van der Waals surface area contributed by atoms with Crippen molar-refractivity contribution in [2.75, 3.05) is 6.61 Å². The number of hydrogen-bond acceptors (Lipinski definition) is 4. The molecule has 6 heteroatoms. The van der Waals surface area contributed by atoms with E-state index in [4.69, 9.17) is 9.47 Å². The Bertz CT molecular complexity index is 1100. The lowest BCUT2D eigenvalue weighted by atomic mass is 10.2. The molecule has 0 bridgehead atoms. The van der Waals surface area contributed by atoms with Gasteiger partial charge < -0.3 is 14.5 Å². The van der Waals surface area contributed by atoms with E-state index >= 15 is 0 Å². The second-order valence-corrected chi connectivity index (χ2v) is 6.95. The normalized spacial score (nSPS) is 10.8. The highest BCUT2D eigenvalue weighted by Gasteiger charge is 2.11. The molecule has 0 aliphatic carbocycles. The van der Waals surface area contributed by atoms with Crippen molar-refractivity contribution < 1.29 is 14.3 Å². The average molecular weight is 437 g/mol. The molecule has 140 valence electrons. The number of esters is 1. The van der Waals surface area contributed by atoms with E-state index in [9.17, 15) is 4.79 Å². The van der Waals surface area contributed by atoms with Crippen LogP contribution >= 0.6 is 15.9 Å². The largest absolute Gasteiger partial charge is 0.462 e. The lowest BCUT2D eigenvalue weighted by Gasteiger charge is -2.09. The van der Waals surface area contributed by atoms with Crippen LogP contribution in [0.3, 0.4) is 0 Å². The molecule has 0 aliphatic rings. The third-order valence-electron chi connectivity index (χ3n) is 4.19. The van der Waals surface area contributed by atoms with Crippen LogP contribution in [-0.4, -0.2) is 22.5 Å². The molecule has 0 unspecified atom stereocenters. The van der Waals surface area contributed by atoms with Gasteiger partial charge in [-0.1, -0.05) is 12.1 Å². The minimum Gasteiger partial charge on any atom is -0.462 e. The van der Waals surface area contributed by atoms with Crippen LogP contribution in [0.5, 0.6) is 11.5 Å². The fourth-order valence-electron chi connectivity index (χ4n) is 2.84. The molecule has 28 heavy (non-hydrogen) atoms. The average Bonchev–Trinajstić information content (AvgIpc) is 3.12. The summed E-state index contributed by atoms with van der Waals surface area (Å²) in [5.74, 6) is 1.76. The molecule has 1 aromatic heterocycles. The first-order valence-corrected chi connectivity index (χ1v) is 9.63. The van der Waals surface area contributed by atoms with E-state index in [1.807, 2.05) is 42.5 Å². The first-order chi connectivity index (χ1) is 13.6.